The number of aliphatic carboxylic acids is 1. The van der Waals surface area contributed by atoms with Gasteiger partial charge in [0.15, 0.2) is 9.84 Å². The van der Waals surface area contributed by atoms with Gasteiger partial charge in [0.1, 0.15) is 0 Å². The highest BCUT2D eigenvalue weighted by Gasteiger charge is 2.63. The first kappa shape index (κ1) is 16.2. The van der Waals surface area contributed by atoms with E-state index in [1.165, 1.54) is 0 Å². The molecule has 120 valence electrons. The third-order valence-corrected chi connectivity index (χ3v) is 6.96. The van der Waals surface area contributed by atoms with Crippen molar-refractivity contribution >= 4 is 31.7 Å². The van der Waals surface area contributed by atoms with Crippen LogP contribution in [0.25, 0.3) is 0 Å². The molecule has 23 heavy (non-hydrogen) atoms. The van der Waals surface area contributed by atoms with E-state index in [9.17, 15) is 18.3 Å². The maximum Gasteiger partial charge on any atom is 0.308 e. The third kappa shape index (κ3) is 2.93. The van der Waals surface area contributed by atoms with Gasteiger partial charge in [0.2, 0.25) is 0 Å². The van der Waals surface area contributed by atoms with Gasteiger partial charge in [0, 0.05) is 10.4 Å². The van der Waals surface area contributed by atoms with Crippen molar-refractivity contribution in [1.82, 2.24) is 0 Å². The second kappa shape index (κ2) is 5.76. The molecule has 0 aliphatic heterocycles. The average molecular weight is 395 g/mol. The lowest BCUT2D eigenvalue weighted by Gasteiger charge is -2.05. The lowest BCUT2D eigenvalue weighted by atomic mass is 10.1. The Morgan fingerprint density at radius 2 is 1.61 bits per heavy atom. The van der Waals surface area contributed by atoms with Gasteiger partial charge in [-0.15, -0.1) is 0 Å². The summed E-state index contributed by atoms with van der Waals surface area (Å²) in [7, 11) is -3.68. The quantitative estimate of drug-likeness (QED) is 0.862. The number of sulfone groups is 1. The fraction of sp³-hybridized carbons (Fsp3) is 0.235. The Bertz CT molecular complexity index is 841. The number of carbonyl (C=O) groups is 1. The number of benzene rings is 2. The van der Waals surface area contributed by atoms with E-state index in [-0.39, 0.29) is 4.90 Å². The van der Waals surface area contributed by atoms with E-state index in [0.717, 1.165) is 15.6 Å². The van der Waals surface area contributed by atoms with E-state index in [0.29, 0.717) is 0 Å². The molecule has 0 spiro atoms. The van der Waals surface area contributed by atoms with E-state index < -0.39 is 32.9 Å². The number of hydrogen-bond acceptors (Lipinski definition) is 3. The fourth-order valence-corrected chi connectivity index (χ4v) is 5.32. The summed E-state index contributed by atoms with van der Waals surface area (Å²) < 4.78 is 26.5. The second-order valence-corrected chi connectivity index (χ2v) is 8.79. The van der Waals surface area contributed by atoms with Crippen molar-refractivity contribution < 1.29 is 18.3 Å². The van der Waals surface area contributed by atoms with Gasteiger partial charge in [-0.25, -0.2) is 8.42 Å². The van der Waals surface area contributed by atoms with Crippen molar-refractivity contribution in [3.05, 3.63) is 64.1 Å². The van der Waals surface area contributed by atoms with E-state index >= 15 is 0 Å². The molecule has 1 aliphatic carbocycles. The summed E-state index contributed by atoms with van der Waals surface area (Å²) in [5.41, 5.74) is 1.69. The molecule has 0 amide bonds. The highest BCUT2D eigenvalue weighted by Crippen LogP contribution is 2.54. The number of hydrogen-bond donors (Lipinski definition) is 1. The van der Waals surface area contributed by atoms with Crippen LogP contribution in [-0.4, -0.2) is 24.7 Å². The summed E-state index contributed by atoms with van der Waals surface area (Å²) >= 11 is 3.32. The van der Waals surface area contributed by atoms with E-state index in [1.54, 1.807) is 48.5 Å². The Kier molecular flexibility index (Phi) is 4.06. The van der Waals surface area contributed by atoms with Crippen molar-refractivity contribution in [1.29, 1.82) is 0 Å². The van der Waals surface area contributed by atoms with Crippen molar-refractivity contribution in [2.75, 3.05) is 0 Å². The molecule has 0 unspecified atom stereocenters. The van der Waals surface area contributed by atoms with Crippen LogP contribution in [0.2, 0.25) is 0 Å². The number of rotatable bonds is 4. The number of carboxylic acid groups (broad SMARTS) is 1. The molecule has 1 aliphatic rings. The summed E-state index contributed by atoms with van der Waals surface area (Å²) in [6.07, 6.45) is 0. The van der Waals surface area contributed by atoms with Crippen LogP contribution >= 0.6 is 15.9 Å². The van der Waals surface area contributed by atoms with Gasteiger partial charge in [-0.2, -0.15) is 0 Å². The molecule has 0 radical (unpaired) electrons. The van der Waals surface area contributed by atoms with Crippen molar-refractivity contribution in [3.8, 4) is 0 Å². The van der Waals surface area contributed by atoms with E-state index in [2.05, 4.69) is 15.9 Å². The molecule has 0 saturated heterocycles. The van der Waals surface area contributed by atoms with Crippen molar-refractivity contribution in [3.63, 3.8) is 0 Å². The number of carboxylic acids is 1. The summed E-state index contributed by atoms with van der Waals surface area (Å²) in [5, 5.41) is 8.48. The zero-order valence-electron chi connectivity index (χ0n) is 12.3. The smallest absolute Gasteiger partial charge is 0.308 e. The third-order valence-electron chi connectivity index (χ3n) is 4.20. The lowest BCUT2D eigenvalue weighted by Crippen LogP contribution is -2.13. The van der Waals surface area contributed by atoms with Crippen LogP contribution in [-0.2, 0) is 14.6 Å². The molecule has 4 nitrogen and oxygen atoms in total. The number of aryl methyl sites for hydroxylation is 1. The Morgan fingerprint density at radius 1 is 1.04 bits per heavy atom. The van der Waals surface area contributed by atoms with Gasteiger partial charge in [0.25, 0.3) is 0 Å². The molecule has 2 aromatic carbocycles. The van der Waals surface area contributed by atoms with E-state index in [1.807, 2.05) is 6.92 Å². The molecule has 3 rings (SSSR count). The van der Waals surface area contributed by atoms with Gasteiger partial charge in [0.05, 0.1) is 16.1 Å². The topological polar surface area (TPSA) is 71.4 Å². The Labute approximate surface area is 143 Å². The molecule has 1 fully saturated rings. The Hall–Kier alpha value is -1.66. The molecular weight excluding hydrogens is 380 g/mol. The first-order valence-electron chi connectivity index (χ1n) is 7.11. The summed E-state index contributed by atoms with van der Waals surface area (Å²) in [5.74, 6) is -2.48. The van der Waals surface area contributed by atoms with Crippen LogP contribution in [0.3, 0.4) is 0 Å². The van der Waals surface area contributed by atoms with Gasteiger partial charge >= 0.3 is 5.97 Å². The highest BCUT2D eigenvalue weighted by molar-refractivity contribution is 9.10. The van der Waals surface area contributed by atoms with Gasteiger partial charge in [-0.3, -0.25) is 4.79 Å². The van der Waals surface area contributed by atoms with E-state index in [4.69, 9.17) is 0 Å². The standard InChI is InChI=1S/C17H15BrO4S/c1-10-2-8-13(9-3-10)23(21,22)16-14(15(16)17(19)20)11-4-6-12(18)7-5-11/h2-9,14-16H,1H3,(H,19,20)/t14-,15-,16-/m0/s1. The van der Waals surface area contributed by atoms with Gasteiger partial charge < -0.3 is 5.11 Å². The Balaban J connectivity index is 1.98. The van der Waals surface area contributed by atoms with Crippen molar-refractivity contribution in [2.45, 2.75) is 23.0 Å². The van der Waals surface area contributed by atoms with Crippen molar-refractivity contribution in [2.24, 2.45) is 5.92 Å². The minimum absolute atomic E-state index is 0.180. The molecule has 0 heterocycles. The van der Waals surface area contributed by atoms with Crippen LogP contribution < -0.4 is 0 Å². The zero-order chi connectivity index (χ0) is 16.8. The first-order valence-corrected chi connectivity index (χ1v) is 9.45. The molecule has 3 atom stereocenters. The molecule has 2 aromatic rings. The summed E-state index contributed by atoms with van der Waals surface area (Å²) in [6.45, 7) is 1.87. The van der Waals surface area contributed by atoms with Crippen LogP contribution in [0.1, 0.15) is 17.0 Å². The monoisotopic (exact) mass is 394 g/mol. The first-order chi connectivity index (χ1) is 10.8. The van der Waals surface area contributed by atoms with Crippen LogP contribution in [0.4, 0.5) is 0 Å². The highest BCUT2D eigenvalue weighted by atomic mass is 79.9. The minimum Gasteiger partial charge on any atom is -0.481 e. The largest absolute Gasteiger partial charge is 0.481 e. The maximum atomic E-state index is 12.8. The summed E-state index contributed by atoms with van der Waals surface area (Å²) in [6, 6.07) is 13.7. The average Bonchev–Trinajstić information content (AvgIpc) is 3.25. The molecule has 0 bridgehead atoms. The Morgan fingerprint density at radius 3 is 2.13 bits per heavy atom. The lowest BCUT2D eigenvalue weighted by molar-refractivity contribution is -0.138. The zero-order valence-corrected chi connectivity index (χ0v) is 14.7. The second-order valence-electron chi connectivity index (χ2n) is 5.76. The van der Waals surface area contributed by atoms with Crippen LogP contribution in [0.15, 0.2) is 57.9 Å². The maximum absolute atomic E-state index is 12.8. The molecule has 1 saturated carbocycles. The molecular formula is C17H15BrO4S. The number of halogens is 1. The van der Waals surface area contributed by atoms with Gasteiger partial charge in [-0.05, 0) is 36.8 Å². The predicted octanol–water partition coefficient (Wildman–Crippen LogP) is 3.40. The molecule has 1 N–H and O–H groups in total. The SMILES string of the molecule is Cc1ccc(S(=O)(=O)[C@@H]2[C@@H](C(=O)O)[C@@H]2c2ccc(Br)cc2)cc1. The molecule has 6 heteroatoms. The summed E-state index contributed by atoms with van der Waals surface area (Å²) in [4.78, 5) is 11.7. The minimum atomic E-state index is -3.68. The van der Waals surface area contributed by atoms with Crippen LogP contribution in [0.5, 0.6) is 0 Å². The van der Waals surface area contributed by atoms with Gasteiger partial charge in [-0.1, -0.05) is 45.8 Å². The fourth-order valence-electron chi connectivity index (χ4n) is 2.93. The molecule has 0 aromatic heterocycles. The predicted molar refractivity (Wildman–Crippen MR) is 90.2 cm³/mol. The normalized spacial score (nSPS) is 23.5. The van der Waals surface area contributed by atoms with Crippen LogP contribution in [0, 0.1) is 12.8 Å².